The molecule has 13 heavy (non-hydrogen) atoms. The minimum Gasteiger partial charge on any atom is -0.385 e. The van der Waals surface area contributed by atoms with Gasteiger partial charge in [-0.3, -0.25) is 0 Å². The topological polar surface area (TPSA) is 46.0 Å². The van der Waals surface area contributed by atoms with E-state index in [4.69, 9.17) is 6.42 Å². The van der Waals surface area contributed by atoms with Gasteiger partial charge >= 0.3 is 0 Å². The smallest absolute Gasteiger partial charge is 0.156 e. The lowest BCUT2D eigenvalue weighted by Gasteiger charge is -2.06. The summed E-state index contributed by atoms with van der Waals surface area (Å²) in [4.78, 5) is 7.89. The average molecular weight is 176 g/mol. The summed E-state index contributed by atoms with van der Waals surface area (Å²) >= 11 is 0. The lowest BCUT2D eigenvalue weighted by molar-refractivity contribution is 0.155. The molecule has 0 aliphatic carbocycles. The largest absolute Gasteiger partial charge is 0.385 e. The van der Waals surface area contributed by atoms with Crippen molar-refractivity contribution in [1.29, 1.82) is 0 Å². The second kappa shape index (κ2) is 5.28. The summed E-state index contributed by atoms with van der Waals surface area (Å²) in [5.41, 5.74) is 0. The minimum absolute atomic E-state index is 0.472. The van der Waals surface area contributed by atoms with Crippen LogP contribution in [0.5, 0.6) is 0 Å². The molecule has 1 aromatic heterocycles. The van der Waals surface area contributed by atoms with E-state index < -0.39 is 6.10 Å². The molecule has 68 valence electrons. The van der Waals surface area contributed by atoms with Gasteiger partial charge < -0.3 is 5.11 Å². The number of hydrogen-bond acceptors (Lipinski definition) is 3. The van der Waals surface area contributed by atoms with Crippen LogP contribution < -0.4 is 0 Å². The number of aromatic nitrogens is 2. The van der Waals surface area contributed by atoms with E-state index in [-0.39, 0.29) is 0 Å². The summed E-state index contributed by atoms with van der Waals surface area (Å²) in [6.07, 6.45) is 9.84. The summed E-state index contributed by atoms with van der Waals surface area (Å²) in [7, 11) is 0. The maximum absolute atomic E-state index is 9.55. The van der Waals surface area contributed by atoms with Crippen molar-refractivity contribution >= 4 is 0 Å². The van der Waals surface area contributed by atoms with E-state index in [0.29, 0.717) is 18.7 Å². The second-order valence-corrected chi connectivity index (χ2v) is 2.72. The molecule has 1 heterocycles. The first-order valence-corrected chi connectivity index (χ1v) is 4.23. The Hall–Kier alpha value is -1.40. The molecule has 0 bridgehead atoms. The first-order chi connectivity index (χ1) is 6.34. The number of nitrogens with zero attached hydrogens (tertiary/aromatic N) is 2. The third-order valence-electron chi connectivity index (χ3n) is 1.68. The van der Waals surface area contributed by atoms with Crippen molar-refractivity contribution < 1.29 is 5.11 Å². The van der Waals surface area contributed by atoms with Crippen LogP contribution in [0.15, 0.2) is 18.5 Å². The molecular formula is C10H12N2O. The zero-order valence-corrected chi connectivity index (χ0v) is 7.35. The Bertz CT molecular complexity index is 279. The third kappa shape index (κ3) is 3.22. The molecule has 0 radical (unpaired) electrons. The van der Waals surface area contributed by atoms with Crippen LogP contribution in [0.4, 0.5) is 0 Å². The second-order valence-electron chi connectivity index (χ2n) is 2.72. The van der Waals surface area contributed by atoms with Crippen LogP contribution in [-0.4, -0.2) is 15.1 Å². The van der Waals surface area contributed by atoms with Gasteiger partial charge in [0.25, 0.3) is 0 Å². The number of aliphatic hydroxyl groups is 1. The molecule has 0 fully saturated rings. The van der Waals surface area contributed by atoms with Gasteiger partial charge in [0.05, 0.1) is 0 Å². The SMILES string of the molecule is C#CCCCC(O)c1ncccn1. The van der Waals surface area contributed by atoms with Crippen molar-refractivity contribution in [1.82, 2.24) is 9.97 Å². The zero-order valence-electron chi connectivity index (χ0n) is 7.35. The zero-order chi connectivity index (χ0) is 9.52. The van der Waals surface area contributed by atoms with Crippen molar-refractivity contribution in [2.45, 2.75) is 25.4 Å². The van der Waals surface area contributed by atoms with Crippen LogP contribution in [0.1, 0.15) is 31.2 Å². The fourth-order valence-corrected chi connectivity index (χ4v) is 1.01. The fourth-order valence-electron chi connectivity index (χ4n) is 1.01. The Labute approximate surface area is 77.9 Å². The van der Waals surface area contributed by atoms with Gasteiger partial charge in [0.1, 0.15) is 6.10 Å². The maximum Gasteiger partial charge on any atom is 0.156 e. The third-order valence-corrected chi connectivity index (χ3v) is 1.68. The molecule has 1 atom stereocenters. The Morgan fingerprint density at radius 1 is 1.46 bits per heavy atom. The molecular weight excluding hydrogens is 164 g/mol. The normalized spacial score (nSPS) is 12.0. The van der Waals surface area contributed by atoms with Gasteiger partial charge in [0.15, 0.2) is 5.82 Å². The van der Waals surface area contributed by atoms with E-state index in [1.807, 2.05) is 0 Å². The van der Waals surface area contributed by atoms with Gasteiger partial charge in [-0.25, -0.2) is 9.97 Å². The van der Waals surface area contributed by atoms with E-state index in [1.165, 1.54) is 0 Å². The summed E-state index contributed by atoms with van der Waals surface area (Å²) in [6.45, 7) is 0. The van der Waals surface area contributed by atoms with Crippen LogP contribution in [0.25, 0.3) is 0 Å². The Balaban J connectivity index is 2.41. The van der Waals surface area contributed by atoms with Gasteiger partial charge in [0, 0.05) is 18.8 Å². The molecule has 0 aromatic carbocycles. The molecule has 3 heteroatoms. The number of aliphatic hydroxyl groups excluding tert-OH is 1. The predicted molar refractivity (Wildman–Crippen MR) is 49.7 cm³/mol. The van der Waals surface area contributed by atoms with E-state index in [0.717, 1.165) is 6.42 Å². The highest BCUT2D eigenvalue weighted by molar-refractivity contribution is 4.93. The van der Waals surface area contributed by atoms with Crippen molar-refractivity contribution in [3.05, 3.63) is 24.3 Å². The summed E-state index contributed by atoms with van der Waals surface area (Å²) in [6, 6.07) is 1.72. The maximum atomic E-state index is 9.55. The van der Waals surface area contributed by atoms with Crippen LogP contribution in [0.2, 0.25) is 0 Å². The van der Waals surface area contributed by atoms with Crippen LogP contribution in [0, 0.1) is 12.3 Å². The van der Waals surface area contributed by atoms with Crippen molar-refractivity contribution in [2.24, 2.45) is 0 Å². The van der Waals surface area contributed by atoms with Crippen molar-refractivity contribution in [3.63, 3.8) is 0 Å². The Kier molecular flexibility index (Phi) is 3.94. The molecule has 1 rings (SSSR count). The molecule has 0 aliphatic rings. The lowest BCUT2D eigenvalue weighted by Crippen LogP contribution is -2.02. The molecule has 0 aliphatic heterocycles. The molecule has 0 amide bonds. The lowest BCUT2D eigenvalue weighted by atomic mass is 10.1. The standard InChI is InChI=1S/C10H12N2O/c1-2-3-4-6-9(13)10-11-7-5-8-12-10/h1,5,7-9,13H,3-4,6H2. The minimum atomic E-state index is -0.588. The van der Waals surface area contributed by atoms with E-state index >= 15 is 0 Å². The molecule has 1 N–H and O–H groups in total. The Morgan fingerprint density at radius 3 is 2.77 bits per heavy atom. The van der Waals surface area contributed by atoms with Gasteiger partial charge in [-0.15, -0.1) is 12.3 Å². The van der Waals surface area contributed by atoms with Crippen LogP contribution in [0.3, 0.4) is 0 Å². The summed E-state index contributed by atoms with van der Waals surface area (Å²) in [5.74, 6) is 2.99. The monoisotopic (exact) mass is 176 g/mol. The first kappa shape index (κ1) is 9.69. The quantitative estimate of drug-likeness (QED) is 0.555. The number of hydrogen-bond donors (Lipinski definition) is 1. The highest BCUT2D eigenvalue weighted by Crippen LogP contribution is 2.13. The molecule has 3 nitrogen and oxygen atoms in total. The van der Waals surface area contributed by atoms with E-state index in [9.17, 15) is 5.11 Å². The van der Waals surface area contributed by atoms with Gasteiger partial charge in [-0.1, -0.05) is 0 Å². The number of unbranched alkanes of at least 4 members (excludes halogenated alkanes) is 1. The van der Waals surface area contributed by atoms with Crippen molar-refractivity contribution in [2.75, 3.05) is 0 Å². The number of rotatable bonds is 4. The fraction of sp³-hybridized carbons (Fsp3) is 0.400. The van der Waals surface area contributed by atoms with Gasteiger partial charge in [-0.05, 0) is 18.9 Å². The predicted octanol–water partition coefficient (Wildman–Crippen LogP) is 1.31. The van der Waals surface area contributed by atoms with Gasteiger partial charge in [0.2, 0.25) is 0 Å². The molecule has 0 saturated carbocycles. The summed E-state index contributed by atoms with van der Waals surface area (Å²) < 4.78 is 0. The molecule has 0 saturated heterocycles. The molecule has 1 aromatic rings. The van der Waals surface area contributed by atoms with E-state index in [2.05, 4.69) is 15.9 Å². The van der Waals surface area contributed by atoms with Crippen LogP contribution >= 0.6 is 0 Å². The van der Waals surface area contributed by atoms with E-state index in [1.54, 1.807) is 18.5 Å². The summed E-state index contributed by atoms with van der Waals surface area (Å²) in [5, 5.41) is 9.55. The molecule has 0 spiro atoms. The van der Waals surface area contributed by atoms with Crippen molar-refractivity contribution in [3.8, 4) is 12.3 Å². The first-order valence-electron chi connectivity index (χ1n) is 4.23. The van der Waals surface area contributed by atoms with Crippen LogP contribution in [-0.2, 0) is 0 Å². The molecule has 1 unspecified atom stereocenters. The Morgan fingerprint density at radius 2 is 2.15 bits per heavy atom. The highest BCUT2D eigenvalue weighted by Gasteiger charge is 2.08. The average Bonchev–Trinajstić information content (AvgIpc) is 2.19. The number of terminal acetylenes is 1. The van der Waals surface area contributed by atoms with Gasteiger partial charge in [-0.2, -0.15) is 0 Å². The highest BCUT2D eigenvalue weighted by atomic mass is 16.3.